The average Bonchev–Trinajstić information content (AvgIpc) is 2.07. The second-order valence-electron chi connectivity index (χ2n) is 3.03. The number of hydrogen-bond acceptors (Lipinski definition) is 5. The standard InChI is InChI=1S/C7H11ClN4O2S/c1-12(2)11-15(13,14)5-3-6(8)7(9)10-4-5/h3-4,11H,1-2H3,(H2,9,10). The van der Waals surface area contributed by atoms with Crippen molar-refractivity contribution in [2.24, 2.45) is 0 Å². The molecule has 0 aliphatic heterocycles. The molecule has 1 heterocycles. The Bertz CT molecular complexity index is 460. The van der Waals surface area contributed by atoms with Crippen molar-refractivity contribution >= 4 is 27.4 Å². The van der Waals surface area contributed by atoms with Crippen molar-refractivity contribution in [1.82, 2.24) is 14.8 Å². The summed E-state index contributed by atoms with van der Waals surface area (Å²) in [6.07, 6.45) is 1.15. The summed E-state index contributed by atoms with van der Waals surface area (Å²) in [6.45, 7) is 0. The van der Waals surface area contributed by atoms with E-state index in [2.05, 4.69) is 9.82 Å². The molecule has 0 radical (unpaired) electrons. The van der Waals surface area contributed by atoms with Gasteiger partial charge in [-0.15, -0.1) is 4.83 Å². The fourth-order valence-corrected chi connectivity index (χ4v) is 2.15. The molecule has 84 valence electrons. The quantitative estimate of drug-likeness (QED) is 0.742. The van der Waals surface area contributed by atoms with Gasteiger partial charge in [0, 0.05) is 20.3 Å². The van der Waals surface area contributed by atoms with Crippen molar-refractivity contribution in [3.05, 3.63) is 17.3 Å². The first kappa shape index (κ1) is 12.2. The molecule has 0 fully saturated rings. The highest BCUT2D eigenvalue weighted by molar-refractivity contribution is 7.89. The number of nitrogens with zero attached hydrogens (tertiary/aromatic N) is 2. The normalized spacial score (nSPS) is 12.0. The third kappa shape index (κ3) is 3.03. The van der Waals surface area contributed by atoms with Crippen LogP contribution in [0.25, 0.3) is 0 Å². The van der Waals surface area contributed by atoms with E-state index in [0.717, 1.165) is 6.20 Å². The van der Waals surface area contributed by atoms with Crippen molar-refractivity contribution < 1.29 is 8.42 Å². The Balaban J connectivity index is 3.11. The number of halogens is 1. The molecule has 15 heavy (non-hydrogen) atoms. The van der Waals surface area contributed by atoms with Gasteiger partial charge >= 0.3 is 0 Å². The van der Waals surface area contributed by atoms with Gasteiger partial charge in [0.2, 0.25) is 0 Å². The number of nitrogens with one attached hydrogen (secondary N) is 1. The molecule has 6 nitrogen and oxygen atoms in total. The molecule has 1 aromatic rings. The molecule has 0 aliphatic rings. The van der Waals surface area contributed by atoms with Crippen LogP contribution in [0.4, 0.5) is 5.82 Å². The Morgan fingerprint density at radius 2 is 2.13 bits per heavy atom. The molecular formula is C7H11ClN4O2S. The highest BCUT2D eigenvalue weighted by Crippen LogP contribution is 2.19. The van der Waals surface area contributed by atoms with Gasteiger partial charge in [0.1, 0.15) is 10.7 Å². The van der Waals surface area contributed by atoms with Gasteiger partial charge in [-0.1, -0.05) is 11.6 Å². The van der Waals surface area contributed by atoms with E-state index in [9.17, 15) is 8.42 Å². The fraction of sp³-hybridized carbons (Fsp3) is 0.286. The van der Waals surface area contributed by atoms with E-state index in [1.165, 1.54) is 11.1 Å². The number of anilines is 1. The minimum atomic E-state index is -3.63. The van der Waals surface area contributed by atoms with E-state index >= 15 is 0 Å². The van der Waals surface area contributed by atoms with Crippen LogP contribution in [0.5, 0.6) is 0 Å². The predicted molar refractivity (Wildman–Crippen MR) is 57.7 cm³/mol. The summed E-state index contributed by atoms with van der Waals surface area (Å²) in [5.41, 5.74) is 5.36. The van der Waals surface area contributed by atoms with Gasteiger partial charge in [0.25, 0.3) is 10.0 Å². The lowest BCUT2D eigenvalue weighted by molar-refractivity contribution is 0.364. The molecule has 3 N–H and O–H groups in total. The van der Waals surface area contributed by atoms with Crippen LogP contribution in [0.1, 0.15) is 0 Å². The molecule has 0 aliphatic carbocycles. The number of hydrogen-bond donors (Lipinski definition) is 2. The Morgan fingerprint density at radius 3 is 2.60 bits per heavy atom. The second kappa shape index (κ2) is 4.31. The van der Waals surface area contributed by atoms with Crippen LogP contribution in [0.15, 0.2) is 17.2 Å². The number of aromatic nitrogens is 1. The zero-order valence-corrected chi connectivity index (χ0v) is 9.80. The van der Waals surface area contributed by atoms with Crippen molar-refractivity contribution in [3.8, 4) is 0 Å². The van der Waals surface area contributed by atoms with Gasteiger partial charge in [-0.3, -0.25) is 0 Å². The van der Waals surface area contributed by atoms with E-state index in [4.69, 9.17) is 17.3 Å². The van der Waals surface area contributed by atoms with Gasteiger partial charge in [0.05, 0.1) is 5.02 Å². The molecule has 1 aromatic heterocycles. The molecule has 0 spiro atoms. The first-order chi connectivity index (χ1) is 6.83. The fourth-order valence-electron chi connectivity index (χ4n) is 0.871. The maximum absolute atomic E-state index is 11.6. The first-order valence-electron chi connectivity index (χ1n) is 3.94. The third-order valence-corrected chi connectivity index (χ3v) is 3.21. The van der Waals surface area contributed by atoms with Crippen molar-refractivity contribution in [2.45, 2.75) is 4.90 Å². The summed E-state index contributed by atoms with van der Waals surface area (Å²) in [5, 5.41) is 1.41. The Morgan fingerprint density at radius 1 is 1.53 bits per heavy atom. The maximum Gasteiger partial charge on any atom is 0.255 e. The smallest absolute Gasteiger partial charge is 0.255 e. The van der Waals surface area contributed by atoms with E-state index in [1.54, 1.807) is 14.1 Å². The van der Waals surface area contributed by atoms with Crippen molar-refractivity contribution in [2.75, 3.05) is 19.8 Å². The zero-order valence-electron chi connectivity index (χ0n) is 8.23. The van der Waals surface area contributed by atoms with Crippen LogP contribution in [0.2, 0.25) is 5.02 Å². The van der Waals surface area contributed by atoms with E-state index < -0.39 is 10.0 Å². The molecular weight excluding hydrogens is 240 g/mol. The number of sulfonamides is 1. The molecule has 0 bridgehead atoms. The van der Waals surface area contributed by atoms with Crippen LogP contribution in [0.3, 0.4) is 0 Å². The van der Waals surface area contributed by atoms with Crippen LogP contribution in [0, 0.1) is 0 Å². The van der Waals surface area contributed by atoms with Crippen LogP contribution in [-0.4, -0.2) is 32.5 Å². The summed E-state index contributed by atoms with van der Waals surface area (Å²) in [7, 11) is -0.507. The summed E-state index contributed by atoms with van der Waals surface area (Å²) in [4.78, 5) is 5.88. The molecule has 0 unspecified atom stereocenters. The molecule has 1 rings (SSSR count). The lowest BCUT2D eigenvalue weighted by Gasteiger charge is -2.12. The number of hydrazine groups is 1. The zero-order chi connectivity index (χ0) is 11.6. The third-order valence-electron chi connectivity index (χ3n) is 1.46. The minimum Gasteiger partial charge on any atom is -0.382 e. The SMILES string of the molecule is CN(C)NS(=O)(=O)c1cnc(N)c(Cl)c1. The Kier molecular flexibility index (Phi) is 3.50. The monoisotopic (exact) mass is 250 g/mol. The summed E-state index contributed by atoms with van der Waals surface area (Å²) < 4.78 is 23.2. The lowest BCUT2D eigenvalue weighted by Crippen LogP contribution is -2.36. The van der Waals surface area contributed by atoms with Gasteiger partial charge in [-0.05, 0) is 6.07 Å². The Labute approximate surface area is 93.1 Å². The van der Waals surface area contributed by atoms with Crippen LogP contribution < -0.4 is 10.6 Å². The maximum atomic E-state index is 11.6. The topological polar surface area (TPSA) is 88.3 Å². The van der Waals surface area contributed by atoms with Crippen LogP contribution in [-0.2, 0) is 10.0 Å². The number of rotatable bonds is 3. The summed E-state index contributed by atoms with van der Waals surface area (Å²) >= 11 is 5.66. The van der Waals surface area contributed by atoms with Crippen molar-refractivity contribution in [3.63, 3.8) is 0 Å². The minimum absolute atomic E-state index is 0.0320. The molecule has 0 aromatic carbocycles. The predicted octanol–water partition coefficient (Wildman–Crippen LogP) is 0.0721. The van der Waals surface area contributed by atoms with Gasteiger partial charge < -0.3 is 5.73 Å². The highest BCUT2D eigenvalue weighted by Gasteiger charge is 2.16. The molecule has 0 amide bonds. The van der Waals surface area contributed by atoms with E-state index in [1.807, 2.05) is 0 Å². The first-order valence-corrected chi connectivity index (χ1v) is 5.80. The number of pyridine rings is 1. The van der Waals surface area contributed by atoms with E-state index in [0.29, 0.717) is 0 Å². The van der Waals surface area contributed by atoms with E-state index in [-0.39, 0.29) is 15.7 Å². The highest BCUT2D eigenvalue weighted by atomic mass is 35.5. The summed E-state index contributed by atoms with van der Waals surface area (Å²) in [5.74, 6) is 0.0977. The molecule has 0 saturated heterocycles. The largest absolute Gasteiger partial charge is 0.382 e. The lowest BCUT2D eigenvalue weighted by atomic mass is 10.5. The van der Waals surface area contributed by atoms with Gasteiger partial charge in [-0.25, -0.2) is 18.4 Å². The number of nitrogens with two attached hydrogens (primary N) is 1. The molecule has 0 saturated carbocycles. The van der Waals surface area contributed by atoms with Crippen molar-refractivity contribution in [1.29, 1.82) is 0 Å². The van der Waals surface area contributed by atoms with Gasteiger partial charge in [-0.2, -0.15) is 0 Å². The second-order valence-corrected chi connectivity index (χ2v) is 5.10. The van der Waals surface area contributed by atoms with Gasteiger partial charge in [0.15, 0.2) is 0 Å². The average molecular weight is 251 g/mol. The number of nitrogen functional groups attached to an aromatic ring is 1. The Hall–Kier alpha value is -0.890. The molecule has 8 heteroatoms. The molecule has 0 atom stereocenters. The van der Waals surface area contributed by atoms with Crippen LogP contribution >= 0.6 is 11.6 Å². The summed E-state index contributed by atoms with van der Waals surface area (Å²) in [6, 6.07) is 1.25.